The molecule has 1 aromatic rings. The molecule has 4 amide bonds. The Kier molecular flexibility index (Phi) is 10.3. The van der Waals surface area contributed by atoms with Crippen molar-refractivity contribution in [1.82, 2.24) is 15.5 Å². The van der Waals surface area contributed by atoms with Crippen LogP contribution in [0.25, 0.3) is 0 Å². The maximum atomic E-state index is 13.8. The van der Waals surface area contributed by atoms with E-state index >= 15 is 0 Å². The van der Waals surface area contributed by atoms with Gasteiger partial charge in [-0.2, -0.15) is 0 Å². The molecule has 0 radical (unpaired) electrons. The summed E-state index contributed by atoms with van der Waals surface area (Å²) < 4.78 is 5.27. The summed E-state index contributed by atoms with van der Waals surface area (Å²) in [6, 6.07) is 4.72. The first-order valence-corrected chi connectivity index (χ1v) is 12.0. The average molecular weight is 491 g/mol. The lowest BCUT2D eigenvalue weighted by molar-refractivity contribution is -0.146. The van der Waals surface area contributed by atoms with E-state index < -0.39 is 53.6 Å². The summed E-state index contributed by atoms with van der Waals surface area (Å²) in [6.07, 6.45) is -0.473. The van der Waals surface area contributed by atoms with Gasteiger partial charge in [0.15, 0.2) is 0 Å². The average Bonchev–Trinajstić information content (AvgIpc) is 2.67. The molecular formula is C26H42N4O5. The van der Waals surface area contributed by atoms with Crippen LogP contribution in [0, 0.1) is 0 Å². The molecule has 0 aliphatic carbocycles. The third kappa shape index (κ3) is 9.96. The monoisotopic (exact) mass is 490 g/mol. The van der Waals surface area contributed by atoms with Gasteiger partial charge in [-0.3, -0.25) is 14.4 Å². The molecule has 35 heavy (non-hydrogen) atoms. The number of hydrogen-bond donors (Lipinski definition) is 3. The Hall–Kier alpha value is -3.10. The Morgan fingerprint density at radius 2 is 1.54 bits per heavy atom. The van der Waals surface area contributed by atoms with Crippen molar-refractivity contribution in [3.05, 3.63) is 35.4 Å². The minimum atomic E-state index is -1.30. The number of nitrogens with one attached hydrogen (secondary N) is 2. The number of primary amides is 1. The molecule has 0 saturated carbocycles. The van der Waals surface area contributed by atoms with E-state index in [-0.39, 0.29) is 5.91 Å². The van der Waals surface area contributed by atoms with Gasteiger partial charge < -0.3 is 26.0 Å². The first kappa shape index (κ1) is 29.9. The van der Waals surface area contributed by atoms with Gasteiger partial charge in [-0.05, 0) is 72.9 Å². The van der Waals surface area contributed by atoms with Gasteiger partial charge in [0.05, 0.1) is 6.42 Å². The Morgan fingerprint density at radius 1 is 1.00 bits per heavy atom. The van der Waals surface area contributed by atoms with Gasteiger partial charge in [0, 0.05) is 11.6 Å². The fourth-order valence-corrected chi connectivity index (χ4v) is 3.52. The van der Waals surface area contributed by atoms with Crippen molar-refractivity contribution < 1.29 is 23.9 Å². The van der Waals surface area contributed by atoms with Crippen molar-refractivity contribution in [2.45, 2.75) is 104 Å². The summed E-state index contributed by atoms with van der Waals surface area (Å²) >= 11 is 0. The molecule has 0 aromatic heterocycles. The van der Waals surface area contributed by atoms with E-state index in [9.17, 15) is 19.2 Å². The first-order chi connectivity index (χ1) is 15.9. The minimum absolute atomic E-state index is 0.376. The molecule has 1 rings (SSSR count). The predicted molar refractivity (Wildman–Crippen MR) is 135 cm³/mol. The lowest BCUT2D eigenvalue weighted by atomic mass is 9.97. The summed E-state index contributed by atoms with van der Waals surface area (Å²) in [5, 5.41) is 5.42. The van der Waals surface area contributed by atoms with Crippen molar-refractivity contribution in [3.63, 3.8) is 0 Å². The van der Waals surface area contributed by atoms with Crippen LogP contribution in [-0.2, 0) is 25.5 Å². The highest BCUT2D eigenvalue weighted by Crippen LogP contribution is 2.27. The standard InChI is InChI=1S/C26H42N4O5/c1-10-17-11-13-18(14-12-17)21(22(32)29-25(4,5)6)30(16(2)3)23(33)19(15-20(27)31)28-24(34)35-26(7,8)9/h11-14,16,19,21H,10,15H2,1-9H3,(H2,27,31)(H,28,34)(H,29,32). The molecule has 196 valence electrons. The normalized spacial score (nSPS) is 13.5. The molecule has 0 bridgehead atoms. The number of aryl methyl sites for hydroxylation is 1. The van der Waals surface area contributed by atoms with E-state index in [1.807, 2.05) is 52.0 Å². The Balaban J connectivity index is 3.51. The summed E-state index contributed by atoms with van der Waals surface area (Å²) in [5.74, 6) is -1.76. The second kappa shape index (κ2) is 12.0. The van der Waals surface area contributed by atoms with E-state index in [0.717, 1.165) is 12.0 Å². The van der Waals surface area contributed by atoms with E-state index in [2.05, 4.69) is 10.6 Å². The van der Waals surface area contributed by atoms with Crippen LogP contribution in [0.2, 0.25) is 0 Å². The second-order valence-corrected chi connectivity index (χ2v) is 10.9. The van der Waals surface area contributed by atoms with Crippen LogP contribution >= 0.6 is 0 Å². The predicted octanol–water partition coefficient (Wildman–Crippen LogP) is 3.21. The number of amides is 4. The van der Waals surface area contributed by atoms with E-state index in [1.54, 1.807) is 34.6 Å². The topological polar surface area (TPSA) is 131 Å². The zero-order chi connectivity index (χ0) is 27.1. The van der Waals surface area contributed by atoms with Gasteiger partial charge in [-0.15, -0.1) is 0 Å². The summed E-state index contributed by atoms with van der Waals surface area (Å²) in [7, 11) is 0. The minimum Gasteiger partial charge on any atom is -0.444 e. The SMILES string of the molecule is CCc1ccc(C(C(=O)NC(C)(C)C)N(C(=O)C(CC(N)=O)NC(=O)OC(C)(C)C)C(C)C)cc1. The van der Waals surface area contributed by atoms with Gasteiger partial charge in [-0.1, -0.05) is 31.2 Å². The summed E-state index contributed by atoms with van der Waals surface area (Å²) in [4.78, 5) is 52.9. The van der Waals surface area contributed by atoms with Crippen molar-refractivity contribution in [2.75, 3.05) is 0 Å². The maximum absolute atomic E-state index is 13.8. The molecular weight excluding hydrogens is 448 g/mol. The number of hydrogen-bond acceptors (Lipinski definition) is 5. The quantitative estimate of drug-likeness (QED) is 0.489. The molecule has 0 saturated heterocycles. The van der Waals surface area contributed by atoms with Crippen molar-refractivity contribution >= 4 is 23.8 Å². The van der Waals surface area contributed by atoms with Crippen LogP contribution in [0.1, 0.15) is 85.9 Å². The molecule has 2 atom stereocenters. The van der Waals surface area contributed by atoms with Crippen LogP contribution < -0.4 is 16.4 Å². The number of carbonyl (C=O) groups excluding carboxylic acids is 4. The molecule has 9 nitrogen and oxygen atoms in total. The molecule has 4 N–H and O–H groups in total. The van der Waals surface area contributed by atoms with Crippen molar-refractivity contribution in [1.29, 1.82) is 0 Å². The van der Waals surface area contributed by atoms with Crippen LogP contribution in [0.15, 0.2) is 24.3 Å². The number of benzene rings is 1. The third-order valence-corrected chi connectivity index (χ3v) is 4.93. The fourth-order valence-electron chi connectivity index (χ4n) is 3.52. The smallest absolute Gasteiger partial charge is 0.408 e. The Morgan fingerprint density at radius 3 is 1.94 bits per heavy atom. The van der Waals surface area contributed by atoms with Crippen LogP contribution in [-0.4, -0.2) is 51.9 Å². The zero-order valence-corrected chi connectivity index (χ0v) is 22.5. The second-order valence-electron chi connectivity index (χ2n) is 10.9. The molecule has 0 spiro atoms. The van der Waals surface area contributed by atoms with Crippen LogP contribution in [0.4, 0.5) is 4.79 Å². The van der Waals surface area contributed by atoms with Gasteiger partial charge in [0.25, 0.3) is 0 Å². The van der Waals surface area contributed by atoms with Gasteiger partial charge >= 0.3 is 6.09 Å². The molecule has 2 unspecified atom stereocenters. The van der Waals surface area contributed by atoms with Gasteiger partial charge in [-0.25, -0.2) is 4.79 Å². The zero-order valence-electron chi connectivity index (χ0n) is 22.5. The van der Waals surface area contributed by atoms with Crippen LogP contribution in [0.5, 0.6) is 0 Å². The lowest BCUT2D eigenvalue weighted by Crippen LogP contribution is -2.57. The molecule has 0 aliphatic rings. The molecule has 0 fully saturated rings. The number of alkyl carbamates (subject to hydrolysis) is 1. The third-order valence-electron chi connectivity index (χ3n) is 4.93. The largest absolute Gasteiger partial charge is 0.444 e. The van der Waals surface area contributed by atoms with E-state index in [0.29, 0.717) is 5.56 Å². The highest BCUT2D eigenvalue weighted by atomic mass is 16.6. The molecule has 0 heterocycles. The Labute approximate surface area is 209 Å². The number of carbonyl (C=O) groups is 4. The lowest BCUT2D eigenvalue weighted by Gasteiger charge is -2.38. The Bertz CT molecular complexity index is 898. The van der Waals surface area contributed by atoms with Crippen molar-refractivity contribution in [2.24, 2.45) is 5.73 Å². The van der Waals surface area contributed by atoms with Crippen molar-refractivity contribution in [3.8, 4) is 0 Å². The first-order valence-electron chi connectivity index (χ1n) is 12.0. The summed E-state index contributed by atoms with van der Waals surface area (Å²) in [6.45, 7) is 16.2. The maximum Gasteiger partial charge on any atom is 0.408 e. The summed E-state index contributed by atoms with van der Waals surface area (Å²) in [5.41, 5.74) is 5.73. The fraction of sp³-hybridized carbons (Fsp3) is 0.615. The van der Waals surface area contributed by atoms with Gasteiger partial charge in [0.1, 0.15) is 17.7 Å². The molecule has 9 heteroatoms. The van der Waals surface area contributed by atoms with E-state index in [1.165, 1.54) is 4.90 Å². The van der Waals surface area contributed by atoms with Crippen LogP contribution in [0.3, 0.4) is 0 Å². The highest BCUT2D eigenvalue weighted by molar-refractivity contribution is 5.94. The number of ether oxygens (including phenoxy) is 1. The number of nitrogens with two attached hydrogens (primary N) is 1. The number of nitrogens with zero attached hydrogens (tertiary/aromatic N) is 1. The highest BCUT2D eigenvalue weighted by Gasteiger charge is 2.39. The molecule has 0 aliphatic heterocycles. The van der Waals surface area contributed by atoms with E-state index in [4.69, 9.17) is 10.5 Å². The van der Waals surface area contributed by atoms with Gasteiger partial charge in [0.2, 0.25) is 17.7 Å². The molecule has 1 aromatic carbocycles. The number of rotatable bonds is 9.